The van der Waals surface area contributed by atoms with Gasteiger partial charge in [0.1, 0.15) is 0 Å². The Morgan fingerprint density at radius 1 is 1.50 bits per heavy atom. The molecule has 0 heterocycles. The van der Waals surface area contributed by atoms with E-state index in [1.54, 1.807) is 25.2 Å². The number of carboxylic acids is 1. The van der Waals surface area contributed by atoms with Crippen LogP contribution in [0.15, 0.2) is 24.3 Å². The zero-order valence-electron chi connectivity index (χ0n) is 11.5. The fourth-order valence-corrected chi connectivity index (χ4v) is 1.55. The SMILES string of the molecule is CC(CNC(=O)N(C)Cc1cccc(C#N)c1)C(=O)O. The van der Waals surface area contributed by atoms with Crippen LogP contribution in [-0.4, -0.2) is 35.6 Å². The van der Waals surface area contributed by atoms with Crippen LogP contribution >= 0.6 is 0 Å². The first kappa shape index (κ1) is 15.5. The maximum Gasteiger partial charge on any atom is 0.317 e. The maximum atomic E-state index is 11.8. The number of carbonyl (C=O) groups excluding carboxylic acids is 1. The minimum atomic E-state index is -0.949. The minimum absolute atomic E-state index is 0.0801. The standard InChI is InChI=1S/C14H17N3O3/c1-10(13(18)19)8-16-14(20)17(2)9-12-5-3-4-11(6-12)7-15/h3-6,10H,8-9H2,1-2H3,(H,16,20)(H,18,19). The topological polar surface area (TPSA) is 93.4 Å². The Bertz CT molecular complexity index is 537. The Labute approximate surface area is 117 Å². The van der Waals surface area contributed by atoms with Gasteiger partial charge in [0.25, 0.3) is 0 Å². The maximum absolute atomic E-state index is 11.8. The Hall–Kier alpha value is -2.55. The van der Waals surface area contributed by atoms with Gasteiger partial charge in [0.05, 0.1) is 17.6 Å². The van der Waals surface area contributed by atoms with E-state index < -0.39 is 11.9 Å². The van der Waals surface area contributed by atoms with E-state index in [0.717, 1.165) is 5.56 Å². The van der Waals surface area contributed by atoms with Crippen molar-refractivity contribution >= 4 is 12.0 Å². The van der Waals surface area contributed by atoms with Crippen molar-refractivity contribution in [2.24, 2.45) is 5.92 Å². The number of rotatable bonds is 5. The predicted octanol–water partition coefficient (Wildman–Crippen LogP) is 1.42. The summed E-state index contributed by atoms with van der Waals surface area (Å²) >= 11 is 0. The Balaban J connectivity index is 2.53. The number of hydrogen-bond donors (Lipinski definition) is 2. The second-order valence-electron chi connectivity index (χ2n) is 4.59. The fourth-order valence-electron chi connectivity index (χ4n) is 1.55. The summed E-state index contributed by atoms with van der Waals surface area (Å²) in [4.78, 5) is 23.9. The molecule has 0 radical (unpaired) electrons. The van der Waals surface area contributed by atoms with Crippen LogP contribution in [0, 0.1) is 17.2 Å². The molecule has 0 spiro atoms. The molecule has 1 aromatic rings. The summed E-state index contributed by atoms with van der Waals surface area (Å²) in [5.74, 6) is -1.58. The lowest BCUT2D eigenvalue weighted by atomic mass is 10.1. The van der Waals surface area contributed by atoms with Crippen molar-refractivity contribution in [3.63, 3.8) is 0 Å². The molecule has 0 aliphatic rings. The number of amides is 2. The molecule has 1 atom stereocenters. The van der Waals surface area contributed by atoms with Crippen LogP contribution in [0.4, 0.5) is 4.79 Å². The van der Waals surface area contributed by atoms with Crippen LogP contribution in [0.5, 0.6) is 0 Å². The number of benzene rings is 1. The number of carboxylic acid groups (broad SMARTS) is 1. The fraction of sp³-hybridized carbons (Fsp3) is 0.357. The van der Waals surface area contributed by atoms with Gasteiger partial charge in [-0.1, -0.05) is 19.1 Å². The molecule has 6 heteroatoms. The Morgan fingerprint density at radius 3 is 2.80 bits per heavy atom. The molecular formula is C14H17N3O3. The molecule has 1 rings (SSSR count). The highest BCUT2D eigenvalue weighted by Gasteiger charge is 2.14. The lowest BCUT2D eigenvalue weighted by molar-refractivity contribution is -0.140. The van der Waals surface area contributed by atoms with Crippen molar-refractivity contribution < 1.29 is 14.7 Å². The zero-order valence-corrected chi connectivity index (χ0v) is 11.5. The van der Waals surface area contributed by atoms with Gasteiger partial charge in [0.2, 0.25) is 0 Å². The first-order valence-electron chi connectivity index (χ1n) is 6.15. The molecule has 20 heavy (non-hydrogen) atoms. The minimum Gasteiger partial charge on any atom is -0.481 e. The third kappa shape index (κ3) is 4.61. The first-order chi connectivity index (χ1) is 9.43. The lowest BCUT2D eigenvalue weighted by Gasteiger charge is -2.19. The summed E-state index contributed by atoms with van der Waals surface area (Å²) in [5.41, 5.74) is 1.38. The smallest absolute Gasteiger partial charge is 0.317 e. The number of nitriles is 1. The monoisotopic (exact) mass is 275 g/mol. The van der Waals surface area contributed by atoms with E-state index in [2.05, 4.69) is 5.32 Å². The van der Waals surface area contributed by atoms with Crippen LogP contribution in [0.3, 0.4) is 0 Å². The molecule has 0 fully saturated rings. The third-order valence-corrected chi connectivity index (χ3v) is 2.80. The van der Waals surface area contributed by atoms with Gasteiger partial charge in [-0.05, 0) is 17.7 Å². The predicted molar refractivity (Wildman–Crippen MR) is 72.8 cm³/mol. The van der Waals surface area contributed by atoms with E-state index in [4.69, 9.17) is 10.4 Å². The molecule has 1 unspecified atom stereocenters. The molecule has 1 aromatic carbocycles. The molecule has 106 valence electrons. The van der Waals surface area contributed by atoms with Crippen LogP contribution in [0.1, 0.15) is 18.1 Å². The van der Waals surface area contributed by atoms with E-state index in [9.17, 15) is 9.59 Å². The highest BCUT2D eigenvalue weighted by Crippen LogP contribution is 2.07. The van der Waals surface area contributed by atoms with E-state index in [1.165, 1.54) is 11.8 Å². The van der Waals surface area contributed by atoms with Gasteiger partial charge in [0, 0.05) is 20.1 Å². The average molecular weight is 275 g/mol. The number of carbonyl (C=O) groups is 2. The average Bonchev–Trinajstić information content (AvgIpc) is 2.44. The number of hydrogen-bond acceptors (Lipinski definition) is 3. The third-order valence-electron chi connectivity index (χ3n) is 2.80. The van der Waals surface area contributed by atoms with Gasteiger partial charge in [0.15, 0.2) is 0 Å². The number of aliphatic carboxylic acids is 1. The van der Waals surface area contributed by atoms with Crippen LogP contribution in [-0.2, 0) is 11.3 Å². The summed E-state index contributed by atoms with van der Waals surface area (Å²) in [6.07, 6.45) is 0. The van der Waals surface area contributed by atoms with Crippen molar-refractivity contribution in [3.8, 4) is 6.07 Å². The molecule has 0 bridgehead atoms. The number of nitrogens with zero attached hydrogens (tertiary/aromatic N) is 2. The Kier molecular flexibility index (Phi) is 5.54. The highest BCUT2D eigenvalue weighted by atomic mass is 16.4. The van der Waals surface area contributed by atoms with E-state index in [-0.39, 0.29) is 12.6 Å². The molecule has 0 aliphatic carbocycles. The molecule has 0 saturated heterocycles. The van der Waals surface area contributed by atoms with Crippen LogP contribution in [0.2, 0.25) is 0 Å². The van der Waals surface area contributed by atoms with Gasteiger partial charge in [-0.25, -0.2) is 4.79 Å². The van der Waals surface area contributed by atoms with E-state index >= 15 is 0 Å². The lowest BCUT2D eigenvalue weighted by Crippen LogP contribution is -2.40. The first-order valence-corrected chi connectivity index (χ1v) is 6.15. The van der Waals surface area contributed by atoms with Crippen molar-refractivity contribution in [1.29, 1.82) is 5.26 Å². The largest absolute Gasteiger partial charge is 0.481 e. The summed E-state index contributed by atoms with van der Waals surface area (Å²) in [7, 11) is 1.61. The van der Waals surface area contributed by atoms with Crippen LogP contribution < -0.4 is 5.32 Å². The van der Waals surface area contributed by atoms with Crippen molar-refractivity contribution in [2.45, 2.75) is 13.5 Å². The normalized spacial score (nSPS) is 11.2. The van der Waals surface area contributed by atoms with Crippen molar-refractivity contribution in [2.75, 3.05) is 13.6 Å². The van der Waals surface area contributed by atoms with Crippen LogP contribution in [0.25, 0.3) is 0 Å². The van der Waals surface area contributed by atoms with Gasteiger partial charge in [-0.2, -0.15) is 5.26 Å². The van der Waals surface area contributed by atoms with Gasteiger partial charge in [-0.3, -0.25) is 4.79 Å². The highest BCUT2D eigenvalue weighted by molar-refractivity contribution is 5.75. The summed E-state index contributed by atoms with van der Waals surface area (Å²) < 4.78 is 0. The second kappa shape index (κ2) is 7.14. The van der Waals surface area contributed by atoms with E-state index in [1.807, 2.05) is 12.1 Å². The van der Waals surface area contributed by atoms with Gasteiger partial charge >= 0.3 is 12.0 Å². The summed E-state index contributed by atoms with van der Waals surface area (Å²) in [6, 6.07) is 8.68. The number of nitrogens with one attached hydrogen (secondary N) is 1. The van der Waals surface area contributed by atoms with Gasteiger partial charge < -0.3 is 15.3 Å². The summed E-state index contributed by atoms with van der Waals surface area (Å²) in [6.45, 7) is 1.96. The zero-order chi connectivity index (χ0) is 15.1. The molecule has 0 aliphatic heterocycles. The molecule has 6 nitrogen and oxygen atoms in total. The molecule has 2 amide bonds. The molecule has 0 saturated carbocycles. The molecular weight excluding hydrogens is 258 g/mol. The van der Waals surface area contributed by atoms with Crippen molar-refractivity contribution in [3.05, 3.63) is 35.4 Å². The molecule has 2 N–H and O–H groups in total. The van der Waals surface area contributed by atoms with Crippen molar-refractivity contribution in [1.82, 2.24) is 10.2 Å². The second-order valence-corrected chi connectivity index (χ2v) is 4.59. The van der Waals surface area contributed by atoms with E-state index in [0.29, 0.717) is 12.1 Å². The Morgan fingerprint density at radius 2 is 2.20 bits per heavy atom. The number of urea groups is 1. The quantitative estimate of drug-likeness (QED) is 0.849. The van der Waals surface area contributed by atoms with Gasteiger partial charge in [-0.15, -0.1) is 0 Å². The molecule has 0 aromatic heterocycles. The summed E-state index contributed by atoms with van der Waals surface area (Å²) in [5, 5.41) is 20.1.